The number of guanidine groups is 1. The van der Waals surface area contributed by atoms with Crippen LogP contribution >= 0.6 is 11.8 Å². The molecule has 1 aromatic carbocycles. The monoisotopic (exact) mass is 398 g/mol. The average Bonchev–Trinajstić information content (AvgIpc) is 3.00. The van der Waals surface area contributed by atoms with Gasteiger partial charge in [0, 0.05) is 61.9 Å². The molecule has 4 aliphatic heterocycles. The van der Waals surface area contributed by atoms with Crippen molar-refractivity contribution in [2.75, 3.05) is 44.2 Å². The van der Waals surface area contributed by atoms with Crippen molar-refractivity contribution >= 4 is 17.7 Å². The molecule has 0 amide bonds. The van der Waals surface area contributed by atoms with Gasteiger partial charge in [0.2, 0.25) is 5.96 Å². The van der Waals surface area contributed by atoms with E-state index in [0.717, 1.165) is 76.0 Å². The summed E-state index contributed by atoms with van der Waals surface area (Å²) in [5.41, 5.74) is 12.5. The van der Waals surface area contributed by atoms with Gasteiger partial charge in [-0.3, -0.25) is 10.6 Å². The van der Waals surface area contributed by atoms with Crippen LogP contribution < -0.4 is 16.4 Å². The zero-order valence-electron chi connectivity index (χ0n) is 16.4. The third kappa shape index (κ3) is 3.34. The molecule has 28 heavy (non-hydrogen) atoms. The molecule has 4 heterocycles. The summed E-state index contributed by atoms with van der Waals surface area (Å²) in [5, 5.41) is 7.23. The molecule has 0 aliphatic carbocycles. The molecule has 1 atom stereocenters. The number of fused-ring (bicyclic) bond motifs is 1. The van der Waals surface area contributed by atoms with E-state index in [4.69, 9.17) is 10.7 Å². The number of aliphatic imine (C=N–C) groups is 1. The fourth-order valence-corrected chi connectivity index (χ4v) is 5.69. The molecule has 0 aromatic heterocycles. The van der Waals surface area contributed by atoms with Crippen LogP contribution in [0, 0.1) is 0 Å². The van der Waals surface area contributed by atoms with Gasteiger partial charge in [-0.15, -0.1) is 0 Å². The van der Waals surface area contributed by atoms with Crippen LogP contribution in [0.15, 0.2) is 40.5 Å². The SMILES string of the molecule is NC1(N2CCSCC2)NC(N2CCc3ccccc3C2)=NC2=C1CCNCC2. The molecule has 1 saturated heterocycles. The van der Waals surface area contributed by atoms with Crippen LogP contribution in [-0.4, -0.2) is 65.8 Å². The van der Waals surface area contributed by atoms with E-state index in [1.165, 1.54) is 22.4 Å². The zero-order chi connectivity index (χ0) is 19.0. The molecule has 4 N–H and O–H groups in total. The van der Waals surface area contributed by atoms with E-state index < -0.39 is 5.79 Å². The topological polar surface area (TPSA) is 68.9 Å². The lowest BCUT2D eigenvalue weighted by Gasteiger charge is -2.49. The van der Waals surface area contributed by atoms with E-state index in [9.17, 15) is 0 Å². The van der Waals surface area contributed by atoms with Gasteiger partial charge in [-0.05, 0) is 30.5 Å². The Hall–Kier alpha value is -1.54. The maximum atomic E-state index is 7.16. The van der Waals surface area contributed by atoms with Crippen LogP contribution in [0.2, 0.25) is 0 Å². The van der Waals surface area contributed by atoms with Crippen molar-refractivity contribution in [3.05, 3.63) is 46.7 Å². The Balaban J connectivity index is 1.48. The summed E-state index contributed by atoms with van der Waals surface area (Å²) in [6.45, 7) is 5.88. The Labute approximate surface area is 171 Å². The molecule has 6 nitrogen and oxygen atoms in total. The van der Waals surface area contributed by atoms with Crippen molar-refractivity contribution in [2.24, 2.45) is 10.7 Å². The minimum Gasteiger partial charge on any atom is -0.338 e. The fraction of sp³-hybridized carbons (Fsp3) is 0.571. The largest absolute Gasteiger partial charge is 0.338 e. The number of hydrogen-bond donors (Lipinski definition) is 3. The molecule has 1 fully saturated rings. The van der Waals surface area contributed by atoms with Crippen molar-refractivity contribution in [3.63, 3.8) is 0 Å². The number of thioether (sulfide) groups is 1. The van der Waals surface area contributed by atoms with Crippen LogP contribution in [0.1, 0.15) is 24.0 Å². The highest BCUT2D eigenvalue weighted by atomic mass is 32.2. The quantitative estimate of drug-likeness (QED) is 0.663. The number of benzene rings is 1. The lowest BCUT2D eigenvalue weighted by atomic mass is 9.97. The molecule has 0 saturated carbocycles. The van der Waals surface area contributed by atoms with Crippen LogP contribution in [0.25, 0.3) is 0 Å². The minimum atomic E-state index is -0.615. The highest BCUT2D eigenvalue weighted by Gasteiger charge is 2.43. The maximum absolute atomic E-state index is 7.16. The molecule has 0 radical (unpaired) electrons. The molecule has 1 aromatic rings. The van der Waals surface area contributed by atoms with Gasteiger partial charge in [-0.1, -0.05) is 24.3 Å². The highest BCUT2D eigenvalue weighted by Crippen LogP contribution is 2.32. The van der Waals surface area contributed by atoms with Gasteiger partial charge in [0.15, 0.2) is 5.79 Å². The third-order valence-electron chi connectivity index (χ3n) is 6.38. The summed E-state index contributed by atoms with van der Waals surface area (Å²) < 4.78 is 0. The van der Waals surface area contributed by atoms with Gasteiger partial charge in [0.25, 0.3) is 0 Å². The first-order valence-electron chi connectivity index (χ1n) is 10.5. The maximum Gasteiger partial charge on any atom is 0.201 e. The lowest BCUT2D eigenvalue weighted by molar-refractivity contribution is 0.111. The van der Waals surface area contributed by atoms with Gasteiger partial charge in [0.05, 0.1) is 0 Å². The van der Waals surface area contributed by atoms with E-state index in [1.807, 2.05) is 11.8 Å². The Morgan fingerprint density at radius 3 is 2.64 bits per heavy atom. The molecule has 4 aliphatic rings. The van der Waals surface area contributed by atoms with Crippen LogP contribution in [0.4, 0.5) is 0 Å². The Bertz CT molecular complexity index is 800. The normalized spacial score (nSPS) is 28.8. The summed E-state index contributed by atoms with van der Waals surface area (Å²) in [6, 6.07) is 8.76. The molecular formula is C21H30N6S. The second-order valence-corrected chi connectivity index (χ2v) is 9.27. The molecule has 1 unspecified atom stereocenters. The molecule has 7 heteroatoms. The first-order valence-corrected chi connectivity index (χ1v) is 11.6. The standard InChI is InChI=1S/C21H30N6S/c22-21(27-11-13-28-14-12-27)18-5-8-23-9-6-19(18)24-20(25-21)26-10-7-16-3-1-2-4-17(16)15-26/h1-4,23H,5-15,22H2,(H,24,25). The number of nitrogens with one attached hydrogen (secondary N) is 2. The van der Waals surface area contributed by atoms with Crippen LogP contribution in [-0.2, 0) is 13.0 Å². The first-order chi connectivity index (χ1) is 13.7. The summed E-state index contributed by atoms with van der Waals surface area (Å²) in [6.07, 6.45) is 2.97. The molecule has 5 rings (SSSR count). The van der Waals surface area contributed by atoms with Gasteiger partial charge in [-0.25, -0.2) is 4.99 Å². The van der Waals surface area contributed by atoms with Crippen molar-refractivity contribution in [2.45, 2.75) is 31.6 Å². The Morgan fingerprint density at radius 1 is 1.00 bits per heavy atom. The van der Waals surface area contributed by atoms with Gasteiger partial charge < -0.3 is 15.5 Å². The number of rotatable bonds is 1. The number of nitrogens with two attached hydrogens (primary N) is 1. The molecular weight excluding hydrogens is 368 g/mol. The van der Waals surface area contributed by atoms with E-state index in [2.05, 4.69) is 44.7 Å². The molecule has 0 bridgehead atoms. The van der Waals surface area contributed by atoms with Gasteiger partial charge in [-0.2, -0.15) is 11.8 Å². The van der Waals surface area contributed by atoms with Crippen LogP contribution in [0.5, 0.6) is 0 Å². The molecule has 150 valence electrons. The smallest absolute Gasteiger partial charge is 0.201 e. The number of hydrogen-bond acceptors (Lipinski definition) is 7. The lowest BCUT2D eigenvalue weighted by Crippen LogP contribution is -2.72. The molecule has 0 spiro atoms. The van der Waals surface area contributed by atoms with Crippen molar-refractivity contribution in [1.82, 2.24) is 20.4 Å². The van der Waals surface area contributed by atoms with E-state index in [0.29, 0.717) is 0 Å². The number of nitrogens with zero attached hydrogens (tertiary/aromatic N) is 3. The Kier molecular flexibility index (Phi) is 5.09. The second kappa shape index (κ2) is 7.71. The van der Waals surface area contributed by atoms with Crippen molar-refractivity contribution < 1.29 is 0 Å². The summed E-state index contributed by atoms with van der Waals surface area (Å²) >= 11 is 2.02. The zero-order valence-corrected chi connectivity index (χ0v) is 17.2. The van der Waals surface area contributed by atoms with Crippen LogP contribution in [0.3, 0.4) is 0 Å². The summed E-state index contributed by atoms with van der Waals surface area (Å²) in [4.78, 5) is 9.93. The third-order valence-corrected chi connectivity index (χ3v) is 7.32. The predicted octanol–water partition coefficient (Wildman–Crippen LogP) is 1.30. The Morgan fingerprint density at radius 2 is 1.79 bits per heavy atom. The average molecular weight is 399 g/mol. The minimum absolute atomic E-state index is 0.615. The van der Waals surface area contributed by atoms with E-state index in [-0.39, 0.29) is 0 Å². The second-order valence-electron chi connectivity index (χ2n) is 8.04. The fourth-order valence-electron chi connectivity index (χ4n) is 4.79. The summed E-state index contributed by atoms with van der Waals surface area (Å²) in [7, 11) is 0. The van der Waals surface area contributed by atoms with E-state index in [1.54, 1.807) is 0 Å². The van der Waals surface area contributed by atoms with Gasteiger partial charge in [0.1, 0.15) is 0 Å². The highest BCUT2D eigenvalue weighted by molar-refractivity contribution is 7.99. The van der Waals surface area contributed by atoms with E-state index >= 15 is 0 Å². The first kappa shape index (κ1) is 18.5. The van der Waals surface area contributed by atoms with Gasteiger partial charge >= 0.3 is 0 Å². The predicted molar refractivity (Wildman–Crippen MR) is 116 cm³/mol. The summed E-state index contributed by atoms with van der Waals surface area (Å²) in [5.74, 6) is 2.63. The van der Waals surface area contributed by atoms with Crippen molar-refractivity contribution in [3.8, 4) is 0 Å². The van der Waals surface area contributed by atoms with Crippen molar-refractivity contribution in [1.29, 1.82) is 0 Å².